The summed E-state index contributed by atoms with van der Waals surface area (Å²) in [6.45, 7) is 7.38. The molecule has 1 aliphatic carbocycles. The molecule has 0 radical (unpaired) electrons. The summed E-state index contributed by atoms with van der Waals surface area (Å²) in [7, 11) is 0. The quantitative estimate of drug-likeness (QED) is 0.486. The van der Waals surface area contributed by atoms with Crippen molar-refractivity contribution in [1.29, 1.82) is 0 Å². The summed E-state index contributed by atoms with van der Waals surface area (Å²) < 4.78 is 5.27. The highest BCUT2D eigenvalue weighted by Gasteiger charge is 2.29. The molecule has 0 atom stereocenters. The van der Waals surface area contributed by atoms with E-state index in [0.717, 1.165) is 31.3 Å². The fourth-order valence-corrected chi connectivity index (χ4v) is 2.18. The standard InChI is InChI=1S/C14H26N2O3/c1-12(2)10-19-9-8-15-13(17)16-11-14(18)6-4-3-5-7-14/h18H,1,3-11H2,2H3,(H2,15,16,17). The van der Waals surface area contributed by atoms with Crippen molar-refractivity contribution < 1.29 is 14.6 Å². The van der Waals surface area contributed by atoms with Gasteiger partial charge >= 0.3 is 6.03 Å². The van der Waals surface area contributed by atoms with Gasteiger partial charge in [0.1, 0.15) is 0 Å². The molecule has 0 saturated heterocycles. The molecule has 2 amide bonds. The third kappa shape index (κ3) is 7.18. The zero-order chi connectivity index (χ0) is 14.1. The molecule has 0 aromatic rings. The number of carbonyl (C=O) groups is 1. The highest BCUT2D eigenvalue weighted by atomic mass is 16.5. The van der Waals surface area contributed by atoms with Crippen LogP contribution in [0.15, 0.2) is 12.2 Å². The number of rotatable bonds is 7. The number of urea groups is 1. The van der Waals surface area contributed by atoms with Gasteiger partial charge in [0.2, 0.25) is 0 Å². The van der Waals surface area contributed by atoms with E-state index in [2.05, 4.69) is 17.2 Å². The molecule has 1 fully saturated rings. The van der Waals surface area contributed by atoms with Crippen molar-refractivity contribution in [2.24, 2.45) is 0 Å². The Morgan fingerprint density at radius 2 is 2.00 bits per heavy atom. The second-order valence-electron chi connectivity index (χ2n) is 5.40. The molecule has 0 bridgehead atoms. The summed E-state index contributed by atoms with van der Waals surface area (Å²) in [5.74, 6) is 0. The van der Waals surface area contributed by atoms with E-state index in [1.54, 1.807) is 0 Å². The number of carbonyl (C=O) groups excluding carboxylic acids is 1. The molecule has 110 valence electrons. The molecule has 0 heterocycles. The predicted molar refractivity (Wildman–Crippen MR) is 75.1 cm³/mol. The van der Waals surface area contributed by atoms with E-state index in [-0.39, 0.29) is 6.03 Å². The molecule has 0 spiro atoms. The highest BCUT2D eigenvalue weighted by Crippen LogP contribution is 2.27. The molecule has 1 saturated carbocycles. The molecule has 0 aliphatic heterocycles. The molecule has 19 heavy (non-hydrogen) atoms. The van der Waals surface area contributed by atoms with Gasteiger partial charge in [-0.05, 0) is 19.8 Å². The van der Waals surface area contributed by atoms with Crippen molar-refractivity contribution in [3.05, 3.63) is 12.2 Å². The van der Waals surface area contributed by atoms with Crippen LogP contribution < -0.4 is 10.6 Å². The lowest BCUT2D eigenvalue weighted by atomic mass is 9.85. The molecule has 3 N–H and O–H groups in total. The number of amides is 2. The van der Waals surface area contributed by atoms with Gasteiger partial charge in [0.05, 0.1) is 18.8 Å². The molecule has 5 heteroatoms. The molecule has 0 aromatic heterocycles. The van der Waals surface area contributed by atoms with E-state index in [9.17, 15) is 9.90 Å². The maximum absolute atomic E-state index is 11.5. The SMILES string of the molecule is C=C(C)COCCNC(=O)NCC1(O)CCCCC1. The molecule has 0 unspecified atom stereocenters. The fourth-order valence-electron chi connectivity index (χ4n) is 2.18. The van der Waals surface area contributed by atoms with Crippen LogP contribution in [0, 0.1) is 0 Å². The summed E-state index contributed by atoms with van der Waals surface area (Å²) >= 11 is 0. The zero-order valence-corrected chi connectivity index (χ0v) is 11.8. The van der Waals surface area contributed by atoms with E-state index >= 15 is 0 Å². The molecule has 0 aromatic carbocycles. The van der Waals surface area contributed by atoms with Crippen molar-refractivity contribution in [1.82, 2.24) is 10.6 Å². The van der Waals surface area contributed by atoms with Crippen molar-refractivity contribution in [2.45, 2.75) is 44.6 Å². The van der Waals surface area contributed by atoms with E-state index in [4.69, 9.17) is 4.74 Å². The summed E-state index contributed by atoms with van der Waals surface area (Å²) in [5, 5.41) is 15.6. The van der Waals surface area contributed by atoms with E-state index < -0.39 is 5.60 Å². The smallest absolute Gasteiger partial charge is 0.314 e. The van der Waals surface area contributed by atoms with Gasteiger partial charge in [0.25, 0.3) is 0 Å². The van der Waals surface area contributed by atoms with Gasteiger partial charge in [0.15, 0.2) is 0 Å². The van der Waals surface area contributed by atoms with Crippen LogP contribution in [-0.2, 0) is 4.74 Å². The maximum atomic E-state index is 11.5. The van der Waals surface area contributed by atoms with Gasteiger partial charge in [0, 0.05) is 13.1 Å². The molecule has 1 rings (SSSR count). The van der Waals surface area contributed by atoms with Crippen molar-refractivity contribution in [3.63, 3.8) is 0 Å². The Morgan fingerprint density at radius 1 is 1.32 bits per heavy atom. The Kier molecular flexibility index (Phi) is 6.87. The lowest BCUT2D eigenvalue weighted by Gasteiger charge is -2.32. The Morgan fingerprint density at radius 3 is 2.63 bits per heavy atom. The van der Waals surface area contributed by atoms with Gasteiger partial charge in [-0.3, -0.25) is 0 Å². The number of ether oxygens (including phenoxy) is 1. The third-order valence-electron chi connectivity index (χ3n) is 3.24. The minimum Gasteiger partial charge on any atom is -0.388 e. The van der Waals surface area contributed by atoms with Crippen LogP contribution in [0.2, 0.25) is 0 Å². The third-order valence-corrected chi connectivity index (χ3v) is 3.24. The van der Waals surface area contributed by atoms with E-state index in [0.29, 0.717) is 26.3 Å². The summed E-state index contributed by atoms with van der Waals surface area (Å²) in [4.78, 5) is 11.5. The van der Waals surface area contributed by atoms with E-state index in [1.807, 2.05) is 6.92 Å². The van der Waals surface area contributed by atoms with Crippen LogP contribution in [-0.4, -0.2) is 43.0 Å². The summed E-state index contributed by atoms with van der Waals surface area (Å²) in [6, 6.07) is -0.252. The second-order valence-corrected chi connectivity index (χ2v) is 5.40. The van der Waals surface area contributed by atoms with Crippen LogP contribution in [0.25, 0.3) is 0 Å². The van der Waals surface area contributed by atoms with Crippen LogP contribution in [0.5, 0.6) is 0 Å². The maximum Gasteiger partial charge on any atom is 0.314 e. The largest absolute Gasteiger partial charge is 0.388 e. The van der Waals surface area contributed by atoms with Crippen LogP contribution in [0.1, 0.15) is 39.0 Å². The van der Waals surface area contributed by atoms with Crippen molar-refractivity contribution in [2.75, 3.05) is 26.3 Å². The van der Waals surface area contributed by atoms with Gasteiger partial charge in [-0.25, -0.2) is 4.79 Å². The Bertz CT molecular complexity index is 299. The van der Waals surface area contributed by atoms with Crippen LogP contribution in [0.4, 0.5) is 4.79 Å². The topological polar surface area (TPSA) is 70.6 Å². The molecule has 5 nitrogen and oxygen atoms in total. The Labute approximate surface area is 115 Å². The molecule has 1 aliphatic rings. The summed E-state index contributed by atoms with van der Waals surface area (Å²) in [5.41, 5.74) is 0.246. The monoisotopic (exact) mass is 270 g/mol. The first kappa shape index (κ1) is 16.0. The van der Waals surface area contributed by atoms with E-state index in [1.165, 1.54) is 6.42 Å². The number of aliphatic hydroxyl groups is 1. The number of nitrogens with one attached hydrogen (secondary N) is 2. The van der Waals surface area contributed by atoms with Gasteiger partial charge in [-0.15, -0.1) is 0 Å². The average Bonchev–Trinajstić information content (AvgIpc) is 2.37. The normalized spacial score (nSPS) is 17.8. The fraction of sp³-hybridized carbons (Fsp3) is 0.786. The zero-order valence-electron chi connectivity index (χ0n) is 11.8. The Hall–Kier alpha value is -1.07. The van der Waals surface area contributed by atoms with Crippen LogP contribution in [0.3, 0.4) is 0 Å². The first-order valence-electron chi connectivity index (χ1n) is 6.98. The van der Waals surface area contributed by atoms with Crippen LogP contribution >= 0.6 is 0 Å². The van der Waals surface area contributed by atoms with Gasteiger partial charge in [-0.1, -0.05) is 31.4 Å². The lowest BCUT2D eigenvalue weighted by Crippen LogP contribution is -2.47. The minimum atomic E-state index is -0.716. The molecular formula is C14H26N2O3. The first-order chi connectivity index (χ1) is 9.02. The van der Waals surface area contributed by atoms with Gasteiger partial charge in [-0.2, -0.15) is 0 Å². The Balaban J connectivity index is 2.05. The summed E-state index contributed by atoms with van der Waals surface area (Å²) in [6.07, 6.45) is 4.79. The minimum absolute atomic E-state index is 0.252. The highest BCUT2D eigenvalue weighted by molar-refractivity contribution is 5.73. The van der Waals surface area contributed by atoms with Crippen molar-refractivity contribution in [3.8, 4) is 0 Å². The predicted octanol–water partition coefficient (Wildman–Crippen LogP) is 1.57. The second kappa shape index (κ2) is 8.17. The number of hydrogen-bond acceptors (Lipinski definition) is 3. The first-order valence-corrected chi connectivity index (χ1v) is 6.98. The molecular weight excluding hydrogens is 244 g/mol. The van der Waals surface area contributed by atoms with Gasteiger partial charge < -0.3 is 20.5 Å². The van der Waals surface area contributed by atoms with Crippen molar-refractivity contribution >= 4 is 6.03 Å². The number of hydrogen-bond donors (Lipinski definition) is 3. The lowest BCUT2D eigenvalue weighted by molar-refractivity contribution is 0.00716. The average molecular weight is 270 g/mol.